The van der Waals surface area contributed by atoms with Crippen LogP contribution in [0.2, 0.25) is 5.02 Å². The second-order valence-electron chi connectivity index (χ2n) is 5.69. The van der Waals surface area contributed by atoms with Crippen LogP contribution in [-0.2, 0) is 10.0 Å². The van der Waals surface area contributed by atoms with E-state index in [2.05, 4.69) is 20.4 Å². The van der Waals surface area contributed by atoms with E-state index in [1.165, 1.54) is 18.5 Å². The molecule has 0 saturated carbocycles. The van der Waals surface area contributed by atoms with Crippen molar-refractivity contribution in [3.63, 3.8) is 0 Å². The number of nitrogens with zero attached hydrogens (tertiary/aromatic N) is 4. The van der Waals surface area contributed by atoms with E-state index in [9.17, 15) is 8.42 Å². The lowest BCUT2D eigenvalue weighted by molar-refractivity contribution is 0.598. The number of aromatic nitrogens is 4. The third-order valence-electron chi connectivity index (χ3n) is 3.88. The zero-order valence-corrected chi connectivity index (χ0v) is 15.3. The van der Waals surface area contributed by atoms with Crippen molar-refractivity contribution >= 4 is 44.2 Å². The van der Waals surface area contributed by atoms with Gasteiger partial charge in [-0.15, -0.1) is 0 Å². The van der Waals surface area contributed by atoms with Gasteiger partial charge in [0.15, 0.2) is 5.65 Å². The van der Waals surface area contributed by atoms with Crippen LogP contribution in [0.5, 0.6) is 0 Å². The molecule has 0 radical (unpaired) electrons. The summed E-state index contributed by atoms with van der Waals surface area (Å²) in [6, 6.07) is 13.3. The van der Waals surface area contributed by atoms with Crippen molar-refractivity contribution in [3.05, 3.63) is 66.1 Å². The molecule has 2 aromatic heterocycles. The highest BCUT2D eigenvalue weighted by molar-refractivity contribution is 7.89. The van der Waals surface area contributed by atoms with Crippen LogP contribution in [0.3, 0.4) is 0 Å². The number of rotatable bonds is 4. The van der Waals surface area contributed by atoms with E-state index < -0.39 is 10.0 Å². The third kappa shape index (κ3) is 3.47. The van der Waals surface area contributed by atoms with Gasteiger partial charge in [0.1, 0.15) is 12.1 Å². The van der Waals surface area contributed by atoms with Crippen molar-refractivity contribution in [3.8, 4) is 5.69 Å². The maximum absolute atomic E-state index is 11.4. The van der Waals surface area contributed by atoms with E-state index >= 15 is 0 Å². The number of benzene rings is 2. The van der Waals surface area contributed by atoms with Crippen LogP contribution in [0.1, 0.15) is 0 Å². The number of hydrogen-bond acceptors (Lipinski definition) is 6. The van der Waals surface area contributed by atoms with Crippen LogP contribution < -0.4 is 10.5 Å². The average Bonchev–Trinajstić information content (AvgIpc) is 3.08. The number of fused-ring (bicyclic) bond motifs is 1. The van der Waals surface area contributed by atoms with Gasteiger partial charge < -0.3 is 5.32 Å². The second kappa shape index (κ2) is 6.62. The molecule has 0 spiro atoms. The number of hydrogen-bond donors (Lipinski definition) is 2. The molecule has 0 aliphatic carbocycles. The molecule has 10 heteroatoms. The summed E-state index contributed by atoms with van der Waals surface area (Å²) in [5, 5.41) is 14.0. The Hall–Kier alpha value is -3.01. The number of halogens is 1. The highest BCUT2D eigenvalue weighted by atomic mass is 35.5. The Morgan fingerprint density at radius 1 is 1.00 bits per heavy atom. The molecule has 2 heterocycles. The number of nitrogens with two attached hydrogens (primary N) is 1. The SMILES string of the molecule is NS(=O)(=O)c1ccc(-n2ncc3c(Nc4ccc(Cl)cc4)ncnc32)cc1. The molecule has 2 aromatic carbocycles. The van der Waals surface area contributed by atoms with Gasteiger partial charge in [0, 0.05) is 10.7 Å². The van der Waals surface area contributed by atoms with Crippen molar-refractivity contribution in [1.29, 1.82) is 0 Å². The van der Waals surface area contributed by atoms with Crippen LogP contribution in [0.4, 0.5) is 11.5 Å². The van der Waals surface area contributed by atoms with Crippen molar-refractivity contribution < 1.29 is 8.42 Å². The van der Waals surface area contributed by atoms with Crippen molar-refractivity contribution in [2.45, 2.75) is 4.90 Å². The maximum Gasteiger partial charge on any atom is 0.238 e. The fourth-order valence-corrected chi connectivity index (χ4v) is 3.22. The zero-order valence-electron chi connectivity index (χ0n) is 13.7. The summed E-state index contributed by atoms with van der Waals surface area (Å²) in [5.41, 5.74) is 2.04. The molecule has 0 atom stereocenters. The second-order valence-corrected chi connectivity index (χ2v) is 7.68. The smallest absolute Gasteiger partial charge is 0.238 e. The molecule has 0 unspecified atom stereocenters. The summed E-state index contributed by atoms with van der Waals surface area (Å²) in [6.07, 6.45) is 3.07. The Morgan fingerprint density at radius 3 is 2.37 bits per heavy atom. The minimum absolute atomic E-state index is 0.0300. The minimum atomic E-state index is -3.75. The monoisotopic (exact) mass is 400 g/mol. The highest BCUT2D eigenvalue weighted by Gasteiger charge is 2.13. The summed E-state index contributed by atoms with van der Waals surface area (Å²) in [4.78, 5) is 8.59. The van der Waals surface area contributed by atoms with E-state index in [0.29, 0.717) is 27.6 Å². The molecule has 0 saturated heterocycles. The molecule has 136 valence electrons. The summed E-state index contributed by atoms with van der Waals surface area (Å²) in [6.45, 7) is 0. The Kier molecular flexibility index (Phi) is 4.27. The molecular formula is C17H13ClN6O2S. The van der Waals surface area contributed by atoms with Gasteiger partial charge in [0.2, 0.25) is 10.0 Å². The Morgan fingerprint density at radius 2 is 1.70 bits per heavy atom. The molecule has 8 nitrogen and oxygen atoms in total. The van der Waals surface area contributed by atoms with Crippen molar-refractivity contribution in [2.24, 2.45) is 5.14 Å². The zero-order chi connectivity index (χ0) is 19.0. The summed E-state index contributed by atoms with van der Waals surface area (Å²) >= 11 is 5.91. The van der Waals surface area contributed by atoms with Crippen LogP contribution in [-0.4, -0.2) is 28.2 Å². The number of sulfonamides is 1. The third-order valence-corrected chi connectivity index (χ3v) is 5.06. The normalized spacial score (nSPS) is 11.6. The quantitative estimate of drug-likeness (QED) is 0.544. The Labute approximate surface area is 159 Å². The van der Waals surface area contributed by atoms with Gasteiger partial charge in [-0.1, -0.05) is 11.6 Å². The first-order valence-electron chi connectivity index (χ1n) is 7.76. The van der Waals surface area contributed by atoms with Crippen LogP contribution in [0.15, 0.2) is 66.0 Å². The molecular weight excluding hydrogens is 388 g/mol. The topological polar surface area (TPSA) is 116 Å². The molecule has 27 heavy (non-hydrogen) atoms. The van der Waals surface area contributed by atoms with Gasteiger partial charge >= 0.3 is 0 Å². The first-order chi connectivity index (χ1) is 12.9. The van der Waals surface area contributed by atoms with Crippen LogP contribution in [0, 0.1) is 0 Å². The van der Waals surface area contributed by atoms with Gasteiger partial charge in [-0.05, 0) is 48.5 Å². The fraction of sp³-hybridized carbons (Fsp3) is 0. The molecule has 0 aliphatic heterocycles. The first-order valence-corrected chi connectivity index (χ1v) is 9.69. The number of anilines is 2. The van der Waals surface area contributed by atoms with E-state index in [1.54, 1.807) is 35.1 Å². The van der Waals surface area contributed by atoms with Gasteiger partial charge in [0.05, 0.1) is 22.2 Å². The summed E-state index contributed by atoms with van der Waals surface area (Å²) in [5.74, 6) is 0.592. The summed E-state index contributed by atoms with van der Waals surface area (Å²) in [7, 11) is -3.75. The fourth-order valence-electron chi connectivity index (χ4n) is 2.58. The molecule has 0 fully saturated rings. The largest absolute Gasteiger partial charge is 0.340 e. The lowest BCUT2D eigenvalue weighted by Crippen LogP contribution is -2.12. The predicted octanol–water partition coefficient (Wildman–Crippen LogP) is 2.86. The average molecular weight is 401 g/mol. The predicted molar refractivity (Wildman–Crippen MR) is 103 cm³/mol. The molecule has 4 rings (SSSR count). The van der Waals surface area contributed by atoms with Crippen molar-refractivity contribution in [1.82, 2.24) is 19.7 Å². The minimum Gasteiger partial charge on any atom is -0.340 e. The lowest BCUT2D eigenvalue weighted by atomic mass is 10.3. The van der Waals surface area contributed by atoms with Crippen molar-refractivity contribution in [2.75, 3.05) is 5.32 Å². The van der Waals surface area contributed by atoms with E-state index in [-0.39, 0.29) is 4.90 Å². The van der Waals surface area contributed by atoms with E-state index in [4.69, 9.17) is 16.7 Å². The lowest BCUT2D eigenvalue weighted by Gasteiger charge is -2.07. The molecule has 0 bridgehead atoms. The number of nitrogens with one attached hydrogen (secondary N) is 1. The molecule has 0 aliphatic rings. The van der Waals surface area contributed by atoms with Gasteiger partial charge in [-0.2, -0.15) is 5.10 Å². The first kappa shape index (κ1) is 17.4. The van der Waals surface area contributed by atoms with Crippen LogP contribution in [0.25, 0.3) is 16.7 Å². The standard InChI is InChI=1S/C17H13ClN6O2S/c18-11-1-3-12(4-2-11)23-16-15-9-22-24(17(15)21-10-20-16)13-5-7-14(8-6-13)27(19,25)26/h1-10H,(H2,19,25,26)(H,20,21,23). The van der Waals surface area contributed by atoms with Gasteiger partial charge in [0.25, 0.3) is 0 Å². The van der Waals surface area contributed by atoms with E-state index in [0.717, 1.165) is 5.69 Å². The Bertz CT molecular complexity index is 1220. The summed E-state index contributed by atoms with van der Waals surface area (Å²) < 4.78 is 24.4. The Balaban J connectivity index is 1.73. The van der Waals surface area contributed by atoms with E-state index in [1.807, 2.05) is 12.1 Å². The number of primary sulfonamides is 1. The molecule has 3 N–H and O–H groups in total. The molecule has 0 amide bonds. The van der Waals surface area contributed by atoms with Gasteiger partial charge in [-0.25, -0.2) is 28.2 Å². The molecule has 4 aromatic rings. The maximum atomic E-state index is 11.4. The van der Waals surface area contributed by atoms with Gasteiger partial charge in [-0.3, -0.25) is 0 Å². The highest BCUT2D eigenvalue weighted by Crippen LogP contribution is 2.25. The van der Waals surface area contributed by atoms with Crippen LogP contribution >= 0.6 is 11.6 Å².